The first-order valence-corrected chi connectivity index (χ1v) is 19.1. The number of hydrogen-bond donors (Lipinski definition) is 0. The Kier molecular flexibility index (Phi) is 8.60. The van der Waals surface area contributed by atoms with E-state index in [-0.39, 0.29) is 31.1 Å². The van der Waals surface area contributed by atoms with Gasteiger partial charge in [0.2, 0.25) is 0 Å². The summed E-state index contributed by atoms with van der Waals surface area (Å²) in [5, 5.41) is 5.04. The van der Waals surface area contributed by atoms with Crippen LogP contribution in [0.4, 0.5) is 0 Å². The summed E-state index contributed by atoms with van der Waals surface area (Å²) < 4.78 is 0.483. The van der Waals surface area contributed by atoms with Gasteiger partial charge in [-0.25, -0.2) is 0 Å². The van der Waals surface area contributed by atoms with Gasteiger partial charge in [-0.05, 0) is 0 Å². The molecule has 0 fully saturated rings. The van der Waals surface area contributed by atoms with E-state index in [2.05, 4.69) is 127 Å². The number of halogens is 2. The Morgan fingerprint density at radius 2 is 1.00 bits per heavy atom. The molecule has 0 nitrogen and oxygen atoms in total. The zero-order chi connectivity index (χ0) is 26.2. The summed E-state index contributed by atoms with van der Waals surface area (Å²) in [7, 11) is -2.31. The van der Waals surface area contributed by atoms with Crippen LogP contribution < -0.4 is 30.0 Å². The molecule has 3 aromatic carbocycles. The van der Waals surface area contributed by atoms with Crippen molar-refractivity contribution in [1.29, 1.82) is 0 Å². The second kappa shape index (κ2) is 10.9. The van der Waals surface area contributed by atoms with Gasteiger partial charge in [-0.15, -0.1) is 0 Å². The van der Waals surface area contributed by atoms with Crippen molar-refractivity contribution in [2.45, 2.75) is 67.2 Å². The molecule has 0 N–H and O–H groups in total. The molecule has 0 aromatic heterocycles. The van der Waals surface area contributed by atoms with Crippen molar-refractivity contribution in [1.82, 2.24) is 0 Å². The van der Waals surface area contributed by atoms with Gasteiger partial charge < -0.3 is 24.8 Å². The second-order valence-corrected chi connectivity index (χ2v) is 21.4. The molecule has 6 rings (SSSR count). The summed E-state index contributed by atoms with van der Waals surface area (Å²) >= 11 is -1.09. The smallest absolute Gasteiger partial charge is 1.00 e. The van der Waals surface area contributed by atoms with Crippen LogP contribution in [0.3, 0.4) is 0 Å². The van der Waals surface area contributed by atoms with Crippen LogP contribution in [0.5, 0.6) is 0 Å². The fourth-order valence-corrected chi connectivity index (χ4v) is 21.7. The molecule has 202 valence electrons. The van der Waals surface area contributed by atoms with Gasteiger partial charge in [0.1, 0.15) is 0 Å². The van der Waals surface area contributed by atoms with Gasteiger partial charge in [0.15, 0.2) is 0 Å². The monoisotopic (exact) mass is 648 g/mol. The fraction of sp³-hybridized carbons (Fsp3) is 0.371. The predicted octanol–water partition coefficient (Wildman–Crippen LogP) is 2.61. The Hall–Kier alpha value is -1.18. The van der Waals surface area contributed by atoms with Crippen LogP contribution >= 0.6 is 0 Å². The van der Waals surface area contributed by atoms with E-state index in [0.717, 1.165) is 0 Å². The summed E-state index contributed by atoms with van der Waals surface area (Å²) in [6.07, 6.45) is 2.57. The van der Waals surface area contributed by atoms with E-state index in [1.807, 2.05) is 0 Å². The van der Waals surface area contributed by atoms with Crippen LogP contribution in [-0.4, -0.2) is 8.07 Å². The number of rotatable bonds is 5. The average Bonchev–Trinajstić information content (AvgIpc) is 3.26. The average molecular weight is 651 g/mol. The molecule has 1 aliphatic heterocycles. The second-order valence-electron chi connectivity index (χ2n) is 12.7. The minimum absolute atomic E-state index is 0. The third kappa shape index (κ3) is 4.22. The maximum Gasteiger partial charge on any atom is -1.00 e. The molecule has 1 heterocycles. The van der Waals surface area contributed by atoms with Gasteiger partial charge in [0.25, 0.3) is 0 Å². The Bertz CT molecular complexity index is 1370. The summed E-state index contributed by atoms with van der Waals surface area (Å²) in [4.78, 5) is 0. The molecule has 2 unspecified atom stereocenters. The summed E-state index contributed by atoms with van der Waals surface area (Å²) in [5.74, 6) is 1.34. The molecule has 0 saturated heterocycles. The van der Waals surface area contributed by atoms with Crippen molar-refractivity contribution in [2.75, 3.05) is 0 Å². The Balaban J connectivity index is 0.00000176. The van der Waals surface area contributed by atoms with E-state index >= 15 is 0 Å². The van der Waals surface area contributed by atoms with E-state index in [1.54, 1.807) is 49.0 Å². The molecule has 0 saturated carbocycles. The summed E-state index contributed by atoms with van der Waals surface area (Å²) in [5.41, 5.74) is 10.0. The van der Waals surface area contributed by atoms with Crippen LogP contribution in [-0.2, 0) is 29.5 Å². The molecular weight excluding hydrogens is 611 g/mol. The first-order chi connectivity index (χ1) is 17.7. The van der Waals surface area contributed by atoms with Crippen LogP contribution in [0.2, 0.25) is 6.55 Å². The largest absolute Gasteiger partial charge is 1.00 e. The van der Waals surface area contributed by atoms with Gasteiger partial charge in [0, 0.05) is 0 Å². The van der Waals surface area contributed by atoms with Gasteiger partial charge >= 0.3 is 238 Å². The van der Waals surface area contributed by atoms with E-state index in [1.165, 1.54) is 12.8 Å². The fourth-order valence-electron chi connectivity index (χ4n) is 8.39. The van der Waals surface area contributed by atoms with Crippen LogP contribution in [0.1, 0.15) is 76.6 Å². The summed E-state index contributed by atoms with van der Waals surface area (Å²) in [6, 6.07) is 30.9. The molecule has 3 aromatic rings. The van der Waals surface area contributed by atoms with Crippen molar-refractivity contribution in [3.8, 4) is 0 Å². The molecule has 4 bridgehead atoms. The van der Waals surface area contributed by atoms with Gasteiger partial charge in [-0.1, -0.05) is 0 Å². The molecular formula is C35H40Cl2SiZr. The van der Waals surface area contributed by atoms with Crippen LogP contribution in [0, 0.1) is 11.8 Å². The van der Waals surface area contributed by atoms with E-state index in [9.17, 15) is 0 Å². The Morgan fingerprint density at radius 1 is 0.615 bits per heavy atom. The zero-order valence-electron chi connectivity index (χ0n) is 24.3. The van der Waals surface area contributed by atoms with Gasteiger partial charge in [-0.3, -0.25) is 0 Å². The third-order valence-electron chi connectivity index (χ3n) is 9.55. The molecule has 4 heteroatoms. The number of allylic oxidation sites excluding steroid dienone is 2. The Labute approximate surface area is 261 Å². The standard InChI is InChI=1S/C35H40Si.2ClH.Zr/c1-23(2)21-32-25(5)34(30-19-13-11-17-28(30)32)36(7,27-15-9-8-10-16-27)35-26(6)33(22-24(3)4)29-18-12-14-20-31(29)35;;;/h8-20,23-24H,21-22H2,1-7H3;2*1H;/q;;;+2/p-2. The molecule has 0 amide bonds. The Morgan fingerprint density at radius 3 is 1.41 bits per heavy atom. The normalized spacial score (nSPS) is 26.2. The number of fused-ring (bicyclic) bond motifs is 8. The van der Waals surface area contributed by atoms with Gasteiger partial charge in [-0.2, -0.15) is 0 Å². The predicted molar refractivity (Wildman–Crippen MR) is 158 cm³/mol. The first kappa shape index (κ1) is 30.8. The SMILES string of the molecule is CC1=C2c3ccccc3[C]1(CC(C)C)[Zr+2][C]1(CC(C)C)C(C)=C(c3ccccc31)[Si]2(C)c1ccccc1.[Cl-].[Cl-]. The maximum atomic E-state index is 2.70. The molecule has 0 spiro atoms. The zero-order valence-corrected chi connectivity index (χ0v) is 29.3. The van der Waals surface area contributed by atoms with Crippen LogP contribution in [0.25, 0.3) is 10.4 Å². The maximum absolute atomic E-state index is 2.70. The minimum atomic E-state index is -2.31. The van der Waals surface area contributed by atoms with E-state index in [4.69, 9.17) is 0 Å². The molecule has 3 aliphatic rings. The topological polar surface area (TPSA) is 0 Å². The molecule has 0 radical (unpaired) electrons. The van der Waals surface area contributed by atoms with Crippen molar-refractivity contribution < 1.29 is 48.0 Å². The molecule has 2 atom stereocenters. The quantitative estimate of drug-likeness (QED) is 0.373. The van der Waals surface area contributed by atoms with Crippen molar-refractivity contribution >= 4 is 23.7 Å². The van der Waals surface area contributed by atoms with Gasteiger partial charge in [0.05, 0.1) is 0 Å². The van der Waals surface area contributed by atoms with Crippen molar-refractivity contribution in [3.05, 3.63) is 112 Å². The molecule has 2 aliphatic carbocycles. The minimum Gasteiger partial charge on any atom is -1.00 e. The number of benzene rings is 3. The molecule has 39 heavy (non-hydrogen) atoms. The summed E-state index contributed by atoms with van der Waals surface area (Å²) in [6.45, 7) is 17.7. The third-order valence-corrected chi connectivity index (χ3v) is 20.6. The number of hydrogen-bond acceptors (Lipinski definition) is 0. The first-order valence-electron chi connectivity index (χ1n) is 14.1. The van der Waals surface area contributed by atoms with E-state index < -0.39 is 31.3 Å². The van der Waals surface area contributed by atoms with Crippen molar-refractivity contribution in [2.24, 2.45) is 11.8 Å². The van der Waals surface area contributed by atoms with Crippen molar-refractivity contribution in [3.63, 3.8) is 0 Å². The van der Waals surface area contributed by atoms with E-state index in [0.29, 0.717) is 11.8 Å². The van der Waals surface area contributed by atoms with Crippen LogP contribution in [0.15, 0.2) is 90.0 Å².